The number of carbonyl (C=O) groups is 3. The van der Waals surface area contributed by atoms with Crippen LogP contribution in [0, 0.1) is 5.92 Å². The quantitative estimate of drug-likeness (QED) is 0.290. The molecular weight excluding hydrogens is 442 g/mol. The Bertz CT molecular complexity index is 1020. The molecule has 2 atom stereocenters. The summed E-state index contributed by atoms with van der Waals surface area (Å²) in [6.07, 6.45) is 4.20. The molecule has 1 aromatic heterocycles. The van der Waals surface area contributed by atoms with Gasteiger partial charge in [0.25, 0.3) is 0 Å². The van der Waals surface area contributed by atoms with E-state index in [4.69, 9.17) is 30.3 Å². The maximum atomic E-state index is 12.8. The lowest BCUT2D eigenvalue weighted by Crippen LogP contribution is -2.51. The van der Waals surface area contributed by atoms with Crippen LogP contribution in [0.1, 0.15) is 34.3 Å². The largest absolute Gasteiger partial charge is 0.481 e. The molecule has 1 aliphatic carbocycles. The molecule has 0 spiro atoms. The Balaban J connectivity index is 0.000000481. The van der Waals surface area contributed by atoms with Crippen molar-refractivity contribution in [3.05, 3.63) is 53.2 Å². The van der Waals surface area contributed by atoms with Gasteiger partial charge in [0.05, 0.1) is 13.2 Å². The van der Waals surface area contributed by atoms with Crippen LogP contribution in [0.4, 0.5) is 5.69 Å². The van der Waals surface area contributed by atoms with Crippen LogP contribution in [0.15, 0.2) is 36.5 Å². The number of piperidine rings is 1. The number of nitrogen functional groups attached to an aromatic ring is 1. The number of ether oxygens (including phenoxy) is 1. The van der Waals surface area contributed by atoms with Gasteiger partial charge in [-0.15, -0.1) is 0 Å². The number of aliphatic hydroxyl groups excluding tert-OH is 1. The molecule has 10 heteroatoms. The van der Waals surface area contributed by atoms with Gasteiger partial charge in [-0.1, -0.05) is 12.1 Å². The molecule has 34 heavy (non-hydrogen) atoms. The Morgan fingerprint density at radius 3 is 2.29 bits per heavy atom. The zero-order valence-corrected chi connectivity index (χ0v) is 18.9. The first kappa shape index (κ1) is 25.1. The number of methoxy groups -OCH3 is 1. The third-order valence-corrected chi connectivity index (χ3v) is 6.38. The highest BCUT2D eigenvalue weighted by Gasteiger charge is 2.35. The predicted molar refractivity (Wildman–Crippen MR) is 123 cm³/mol. The molecule has 2 unspecified atom stereocenters. The highest BCUT2D eigenvalue weighted by atomic mass is 16.5. The number of aromatic nitrogens is 1. The van der Waals surface area contributed by atoms with Crippen molar-refractivity contribution >= 4 is 23.4 Å². The molecule has 4 rings (SSSR count). The van der Waals surface area contributed by atoms with Gasteiger partial charge in [0.1, 0.15) is 0 Å². The number of nitrogens with zero attached hydrogens (tertiary/aromatic N) is 2. The average Bonchev–Trinajstić information content (AvgIpc) is 2.84. The van der Waals surface area contributed by atoms with Crippen molar-refractivity contribution in [3.8, 4) is 5.88 Å². The fraction of sp³-hybridized carbons (Fsp3) is 0.417. The van der Waals surface area contributed by atoms with Crippen molar-refractivity contribution < 1.29 is 34.4 Å². The molecule has 1 aliphatic heterocycles. The van der Waals surface area contributed by atoms with Gasteiger partial charge in [-0.2, -0.15) is 0 Å². The number of anilines is 1. The van der Waals surface area contributed by atoms with E-state index in [0.717, 1.165) is 43.6 Å². The number of ketones is 1. The second-order valence-electron chi connectivity index (χ2n) is 8.40. The van der Waals surface area contributed by atoms with E-state index in [1.807, 2.05) is 12.1 Å². The number of Topliss-reactive ketones (excluding diaryl/α,β-unsaturated/α-hetero) is 1. The number of hydrogen-bond donors (Lipinski definition) is 4. The minimum Gasteiger partial charge on any atom is -0.481 e. The molecule has 2 heterocycles. The van der Waals surface area contributed by atoms with E-state index in [-0.39, 0.29) is 17.7 Å². The smallest absolute Gasteiger partial charge is 0.414 e. The van der Waals surface area contributed by atoms with Crippen molar-refractivity contribution in [2.45, 2.75) is 37.8 Å². The molecule has 182 valence electrons. The fourth-order valence-corrected chi connectivity index (χ4v) is 4.55. The van der Waals surface area contributed by atoms with Crippen LogP contribution in [-0.4, -0.2) is 75.3 Å². The summed E-state index contributed by atoms with van der Waals surface area (Å²) in [7, 11) is 1.56. The fourth-order valence-electron chi connectivity index (χ4n) is 4.55. The first-order valence-corrected chi connectivity index (χ1v) is 11.0. The van der Waals surface area contributed by atoms with Crippen molar-refractivity contribution in [2.24, 2.45) is 5.92 Å². The number of likely N-dealkylation sites (tertiary alicyclic amines) is 1. The summed E-state index contributed by atoms with van der Waals surface area (Å²) in [6, 6.07) is 9.51. The van der Waals surface area contributed by atoms with Crippen molar-refractivity contribution in [1.29, 1.82) is 0 Å². The number of pyridine rings is 1. The summed E-state index contributed by atoms with van der Waals surface area (Å²) in [5, 5.41) is 25.5. The lowest BCUT2D eigenvalue weighted by Gasteiger charge is -2.42. The Morgan fingerprint density at radius 1 is 1.06 bits per heavy atom. The molecule has 1 fully saturated rings. The molecule has 0 radical (unpaired) electrons. The number of rotatable bonds is 4. The number of fused-ring (bicyclic) bond motifs is 1. The molecule has 10 nitrogen and oxygen atoms in total. The van der Waals surface area contributed by atoms with Gasteiger partial charge in [-0.05, 0) is 55.6 Å². The highest BCUT2D eigenvalue weighted by Crippen LogP contribution is 2.31. The van der Waals surface area contributed by atoms with Crippen LogP contribution in [0.5, 0.6) is 5.88 Å². The van der Waals surface area contributed by atoms with Gasteiger partial charge >= 0.3 is 11.9 Å². The van der Waals surface area contributed by atoms with Crippen LogP contribution in [-0.2, 0) is 22.4 Å². The maximum Gasteiger partial charge on any atom is 0.414 e. The van der Waals surface area contributed by atoms with Crippen molar-refractivity contribution in [1.82, 2.24) is 9.88 Å². The zero-order valence-electron chi connectivity index (χ0n) is 18.9. The van der Waals surface area contributed by atoms with Gasteiger partial charge in [0, 0.05) is 41.9 Å². The van der Waals surface area contributed by atoms with E-state index in [2.05, 4.69) is 16.0 Å². The van der Waals surface area contributed by atoms with E-state index < -0.39 is 18.0 Å². The summed E-state index contributed by atoms with van der Waals surface area (Å²) in [5.74, 6) is -2.99. The second-order valence-corrected chi connectivity index (χ2v) is 8.40. The lowest BCUT2D eigenvalue weighted by atomic mass is 9.82. The number of hydrogen-bond acceptors (Lipinski definition) is 8. The topological polar surface area (TPSA) is 163 Å². The molecule has 0 bridgehead atoms. The van der Waals surface area contributed by atoms with Gasteiger partial charge in [-0.3, -0.25) is 9.69 Å². The van der Waals surface area contributed by atoms with Crippen molar-refractivity contribution in [2.75, 3.05) is 25.9 Å². The van der Waals surface area contributed by atoms with Gasteiger partial charge in [-0.25, -0.2) is 14.6 Å². The molecule has 0 amide bonds. The van der Waals surface area contributed by atoms with Gasteiger partial charge < -0.3 is 25.8 Å². The zero-order chi connectivity index (χ0) is 24.8. The van der Waals surface area contributed by atoms with E-state index in [1.54, 1.807) is 25.4 Å². The third-order valence-electron chi connectivity index (χ3n) is 6.38. The van der Waals surface area contributed by atoms with Crippen LogP contribution < -0.4 is 10.5 Å². The summed E-state index contributed by atoms with van der Waals surface area (Å²) in [6.45, 7) is 1.62. The SMILES string of the molecule is COc1ccc(C(=O)C2CCN(C3Cc4c(N)cccc4CC3O)CC2)cn1.O=C(O)C(=O)O. The standard InChI is InChI=1S/C22H27N3O3.C2H2O4/c1-28-21-6-5-16(13-24-21)22(27)14-7-9-25(10-8-14)19-12-17-15(11-20(19)26)3-2-4-18(17)23;3-1(4)2(5)6/h2-6,13-14,19-20,26H,7-12,23H2,1H3;(H,3,4)(H,5,6). The number of aliphatic carboxylic acids is 2. The predicted octanol–water partition coefficient (Wildman–Crippen LogP) is 1.25. The third kappa shape index (κ3) is 5.89. The monoisotopic (exact) mass is 471 g/mol. The van der Waals surface area contributed by atoms with E-state index >= 15 is 0 Å². The maximum absolute atomic E-state index is 12.8. The Morgan fingerprint density at radius 2 is 1.74 bits per heavy atom. The number of carboxylic acids is 2. The number of aliphatic hydroxyl groups is 1. The summed E-state index contributed by atoms with van der Waals surface area (Å²) >= 11 is 0. The molecule has 5 N–H and O–H groups in total. The molecule has 1 saturated heterocycles. The van der Waals surface area contributed by atoms with Crippen LogP contribution in [0.2, 0.25) is 0 Å². The average molecular weight is 472 g/mol. The Kier molecular flexibility index (Phi) is 8.19. The van der Waals surface area contributed by atoms with E-state index in [1.165, 1.54) is 5.56 Å². The molecular formula is C24H29N3O7. The number of nitrogens with two attached hydrogens (primary N) is 1. The molecule has 2 aromatic rings. The highest BCUT2D eigenvalue weighted by molar-refractivity contribution is 6.27. The summed E-state index contributed by atoms with van der Waals surface area (Å²) in [5.41, 5.74) is 9.94. The van der Waals surface area contributed by atoms with Crippen molar-refractivity contribution in [3.63, 3.8) is 0 Å². The number of carbonyl (C=O) groups excluding carboxylic acids is 1. The summed E-state index contributed by atoms with van der Waals surface area (Å²) in [4.78, 5) is 37.5. The van der Waals surface area contributed by atoms with E-state index in [9.17, 15) is 9.90 Å². The van der Waals surface area contributed by atoms with Gasteiger partial charge in [0.15, 0.2) is 5.78 Å². The normalized spacial score (nSPS) is 20.4. The van der Waals surface area contributed by atoms with Crippen LogP contribution >= 0.6 is 0 Å². The first-order chi connectivity index (χ1) is 16.2. The molecule has 2 aliphatic rings. The second kappa shape index (κ2) is 11.1. The lowest BCUT2D eigenvalue weighted by molar-refractivity contribution is -0.159. The van der Waals surface area contributed by atoms with Crippen LogP contribution in [0.3, 0.4) is 0 Å². The van der Waals surface area contributed by atoms with E-state index in [0.29, 0.717) is 17.9 Å². The van der Waals surface area contributed by atoms with Crippen LogP contribution in [0.25, 0.3) is 0 Å². The number of benzene rings is 1. The molecule has 1 aromatic carbocycles. The summed E-state index contributed by atoms with van der Waals surface area (Å²) < 4.78 is 5.06. The Labute approximate surface area is 197 Å². The first-order valence-electron chi connectivity index (χ1n) is 11.0. The Hall–Kier alpha value is -3.50. The minimum absolute atomic E-state index is 0.00420. The van der Waals surface area contributed by atoms with Gasteiger partial charge in [0.2, 0.25) is 5.88 Å². The molecule has 0 saturated carbocycles. The number of carboxylic acid groups (broad SMARTS) is 2. The minimum atomic E-state index is -1.82.